The highest BCUT2D eigenvalue weighted by Crippen LogP contribution is 2.24. The first kappa shape index (κ1) is 12.9. The summed E-state index contributed by atoms with van der Waals surface area (Å²) in [6.45, 7) is 4.08. The largest absolute Gasteiger partial charge is 0.481 e. The Morgan fingerprint density at radius 3 is 2.61 bits per heavy atom. The maximum atomic E-state index is 6.09. The summed E-state index contributed by atoms with van der Waals surface area (Å²) in [6.07, 6.45) is 0. The van der Waals surface area contributed by atoms with E-state index >= 15 is 0 Å². The number of ether oxygens (including phenoxy) is 1. The molecule has 2 heterocycles. The van der Waals surface area contributed by atoms with Gasteiger partial charge in [-0.25, -0.2) is 9.97 Å². The van der Waals surface area contributed by atoms with E-state index in [4.69, 9.17) is 10.5 Å². The van der Waals surface area contributed by atoms with Crippen molar-refractivity contribution in [1.82, 2.24) is 15.0 Å². The molecule has 1 atom stereocenters. The number of hydrogen-bond acceptors (Lipinski definition) is 6. The highest BCUT2D eigenvalue weighted by Gasteiger charge is 2.17. The number of hydrogen-bond donors (Lipinski definition) is 1. The third kappa shape index (κ3) is 2.65. The number of aromatic nitrogens is 3. The summed E-state index contributed by atoms with van der Waals surface area (Å²) in [5.41, 5.74) is 9.42. The third-order valence-electron chi connectivity index (χ3n) is 2.64. The van der Waals surface area contributed by atoms with E-state index in [1.165, 1.54) is 11.3 Å². The van der Waals surface area contributed by atoms with Crippen molar-refractivity contribution in [1.29, 1.82) is 0 Å². The minimum atomic E-state index is -0.211. The molecular weight excluding hydrogens is 248 g/mol. The number of nitrogens with zero attached hydrogens (tertiary/aromatic N) is 3. The molecule has 96 valence electrons. The zero-order valence-electron chi connectivity index (χ0n) is 10.6. The van der Waals surface area contributed by atoms with Crippen LogP contribution in [0.3, 0.4) is 0 Å². The number of thiazole rings is 1. The van der Waals surface area contributed by atoms with Crippen molar-refractivity contribution in [3.05, 3.63) is 22.8 Å². The Bertz CT molecular complexity index is 513. The van der Waals surface area contributed by atoms with Crippen molar-refractivity contribution in [2.75, 3.05) is 7.11 Å². The second kappa shape index (κ2) is 5.41. The lowest BCUT2D eigenvalue weighted by molar-refractivity contribution is 0.389. The molecule has 0 saturated carbocycles. The molecule has 2 aromatic heterocycles. The van der Waals surface area contributed by atoms with Crippen LogP contribution in [-0.4, -0.2) is 22.1 Å². The molecule has 1 unspecified atom stereocenters. The van der Waals surface area contributed by atoms with Gasteiger partial charge in [-0.3, -0.25) is 0 Å². The Morgan fingerprint density at radius 2 is 2.06 bits per heavy atom. The minimum Gasteiger partial charge on any atom is -0.481 e. The number of rotatable bonds is 4. The minimum absolute atomic E-state index is 0.211. The molecule has 0 spiro atoms. The van der Waals surface area contributed by atoms with E-state index in [1.54, 1.807) is 18.7 Å². The molecule has 6 heteroatoms. The van der Waals surface area contributed by atoms with E-state index in [2.05, 4.69) is 15.0 Å². The summed E-state index contributed by atoms with van der Waals surface area (Å²) >= 11 is 1.52. The SMILES string of the molecule is COc1cc(-c2cscn2)nc(C(N)C(C)C)n1. The lowest BCUT2D eigenvalue weighted by Crippen LogP contribution is -2.20. The van der Waals surface area contributed by atoms with E-state index in [-0.39, 0.29) is 12.0 Å². The lowest BCUT2D eigenvalue weighted by atomic mass is 10.0. The maximum absolute atomic E-state index is 6.09. The number of nitrogens with two attached hydrogens (primary N) is 1. The van der Waals surface area contributed by atoms with Crippen molar-refractivity contribution < 1.29 is 4.74 Å². The van der Waals surface area contributed by atoms with Gasteiger partial charge in [0.05, 0.1) is 30.1 Å². The topological polar surface area (TPSA) is 73.9 Å². The fraction of sp³-hybridized carbons (Fsp3) is 0.417. The maximum Gasteiger partial charge on any atom is 0.217 e. The van der Waals surface area contributed by atoms with Crippen LogP contribution in [0.2, 0.25) is 0 Å². The first-order valence-electron chi connectivity index (χ1n) is 5.69. The first-order valence-corrected chi connectivity index (χ1v) is 6.63. The van der Waals surface area contributed by atoms with Crippen LogP contribution in [0.25, 0.3) is 11.4 Å². The fourth-order valence-electron chi connectivity index (χ4n) is 1.46. The van der Waals surface area contributed by atoms with Gasteiger partial charge >= 0.3 is 0 Å². The average Bonchev–Trinajstić information content (AvgIpc) is 2.91. The van der Waals surface area contributed by atoms with Crippen molar-refractivity contribution >= 4 is 11.3 Å². The van der Waals surface area contributed by atoms with Gasteiger partial charge in [0.1, 0.15) is 5.82 Å². The Labute approximate surface area is 110 Å². The van der Waals surface area contributed by atoms with Gasteiger partial charge in [0.25, 0.3) is 0 Å². The summed E-state index contributed by atoms with van der Waals surface area (Å²) in [7, 11) is 1.58. The van der Waals surface area contributed by atoms with Crippen molar-refractivity contribution in [3.63, 3.8) is 0 Å². The van der Waals surface area contributed by atoms with Gasteiger partial charge in [0.2, 0.25) is 5.88 Å². The van der Waals surface area contributed by atoms with Gasteiger partial charge < -0.3 is 10.5 Å². The van der Waals surface area contributed by atoms with Crippen molar-refractivity contribution in [2.24, 2.45) is 11.7 Å². The van der Waals surface area contributed by atoms with E-state index in [1.807, 2.05) is 19.2 Å². The van der Waals surface area contributed by atoms with E-state index in [0.29, 0.717) is 11.7 Å². The van der Waals surface area contributed by atoms with Crippen LogP contribution in [0.5, 0.6) is 5.88 Å². The molecule has 0 saturated heterocycles. The molecule has 0 bridgehead atoms. The summed E-state index contributed by atoms with van der Waals surface area (Å²) in [6, 6.07) is 1.56. The van der Waals surface area contributed by atoms with Crippen LogP contribution >= 0.6 is 11.3 Å². The Kier molecular flexibility index (Phi) is 3.88. The highest BCUT2D eigenvalue weighted by molar-refractivity contribution is 7.07. The summed E-state index contributed by atoms with van der Waals surface area (Å²) in [5, 5.41) is 1.94. The molecule has 0 aliphatic rings. The Morgan fingerprint density at radius 1 is 1.28 bits per heavy atom. The smallest absolute Gasteiger partial charge is 0.217 e. The van der Waals surface area contributed by atoms with Gasteiger partial charge in [-0.15, -0.1) is 11.3 Å². The molecule has 0 amide bonds. The van der Waals surface area contributed by atoms with Gasteiger partial charge in [-0.2, -0.15) is 4.98 Å². The van der Waals surface area contributed by atoms with Gasteiger partial charge in [0.15, 0.2) is 0 Å². The van der Waals surface area contributed by atoms with Crippen molar-refractivity contribution in [3.8, 4) is 17.3 Å². The lowest BCUT2D eigenvalue weighted by Gasteiger charge is -2.15. The van der Waals surface area contributed by atoms with E-state index in [0.717, 1.165) is 11.4 Å². The van der Waals surface area contributed by atoms with Crippen LogP contribution in [0, 0.1) is 5.92 Å². The van der Waals surface area contributed by atoms with Crippen LogP contribution in [0.4, 0.5) is 0 Å². The van der Waals surface area contributed by atoms with Crippen LogP contribution < -0.4 is 10.5 Å². The molecule has 0 radical (unpaired) electrons. The summed E-state index contributed by atoms with van der Waals surface area (Å²) in [4.78, 5) is 13.0. The van der Waals surface area contributed by atoms with Gasteiger partial charge in [-0.1, -0.05) is 13.8 Å². The molecule has 2 N–H and O–H groups in total. The van der Waals surface area contributed by atoms with Crippen LogP contribution in [-0.2, 0) is 0 Å². The normalized spacial score (nSPS) is 12.7. The molecule has 0 fully saturated rings. The molecule has 18 heavy (non-hydrogen) atoms. The zero-order chi connectivity index (χ0) is 13.1. The molecule has 0 aliphatic heterocycles. The predicted molar refractivity (Wildman–Crippen MR) is 71.5 cm³/mol. The average molecular weight is 264 g/mol. The highest BCUT2D eigenvalue weighted by atomic mass is 32.1. The molecule has 2 rings (SSSR count). The number of methoxy groups -OCH3 is 1. The summed E-state index contributed by atoms with van der Waals surface area (Å²) in [5.74, 6) is 1.37. The standard InChI is InChI=1S/C12H16N4OS/c1-7(2)11(13)12-15-8(4-10(16-12)17-3)9-5-18-6-14-9/h4-7,11H,13H2,1-3H3. The predicted octanol–water partition coefficient (Wildman–Crippen LogP) is 2.26. The first-order chi connectivity index (χ1) is 8.61. The zero-order valence-corrected chi connectivity index (χ0v) is 11.4. The van der Waals surface area contributed by atoms with Gasteiger partial charge in [-0.05, 0) is 5.92 Å². The van der Waals surface area contributed by atoms with Crippen LogP contribution in [0.15, 0.2) is 17.0 Å². The Balaban J connectivity index is 2.45. The second-order valence-corrected chi connectivity index (χ2v) is 5.02. The third-order valence-corrected chi connectivity index (χ3v) is 3.23. The van der Waals surface area contributed by atoms with Crippen molar-refractivity contribution in [2.45, 2.75) is 19.9 Å². The molecule has 0 aromatic carbocycles. The quantitative estimate of drug-likeness (QED) is 0.917. The molecular formula is C12H16N4OS. The fourth-order valence-corrected chi connectivity index (χ4v) is 2.01. The van der Waals surface area contributed by atoms with Gasteiger partial charge in [0, 0.05) is 11.4 Å². The van der Waals surface area contributed by atoms with E-state index in [9.17, 15) is 0 Å². The monoisotopic (exact) mass is 264 g/mol. The second-order valence-electron chi connectivity index (χ2n) is 4.30. The molecule has 0 aliphatic carbocycles. The Hall–Kier alpha value is -1.53. The van der Waals surface area contributed by atoms with Crippen LogP contribution in [0.1, 0.15) is 25.7 Å². The summed E-state index contributed by atoms with van der Waals surface area (Å²) < 4.78 is 5.19. The molecule has 5 nitrogen and oxygen atoms in total. The van der Waals surface area contributed by atoms with E-state index < -0.39 is 0 Å². The molecule has 2 aromatic rings.